The van der Waals surface area contributed by atoms with Crippen LogP contribution < -0.4 is 4.74 Å². The lowest BCUT2D eigenvalue weighted by Gasteiger charge is -2.16. The molecule has 1 nitrogen and oxygen atoms in total. The molecular formula is C16H22O. The lowest BCUT2D eigenvalue weighted by molar-refractivity contribution is 0.315. The first-order chi connectivity index (χ1) is 8.11. The molecule has 1 aromatic rings. The zero-order chi connectivity index (χ0) is 12.8. The van der Waals surface area contributed by atoms with Crippen molar-refractivity contribution >= 4 is 0 Å². The Hall–Kier alpha value is -1.42. The van der Waals surface area contributed by atoms with Crippen molar-refractivity contribution < 1.29 is 4.74 Å². The molecule has 0 unspecified atom stereocenters. The molecule has 0 aliphatic heterocycles. The molecule has 0 aliphatic carbocycles. The Bertz CT molecular complexity index is 424. The fourth-order valence-electron chi connectivity index (χ4n) is 2.04. The van der Waals surface area contributed by atoms with E-state index in [0.29, 0.717) is 0 Å². The second-order valence-electron chi connectivity index (χ2n) is 4.47. The van der Waals surface area contributed by atoms with E-state index in [1.54, 1.807) is 0 Å². The molecule has 1 rings (SSSR count). The normalized spacial score (nSPS) is 10.1. The maximum Gasteiger partial charge on any atom is 0.122 e. The van der Waals surface area contributed by atoms with Gasteiger partial charge in [-0.15, -0.1) is 12.3 Å². The quantitative estimate of drug-likeness (QED) is 0.696. The van der Waals surface area contributed by atoms with Crippen molar-refractivity contribution in [1.29, 1.82) is 0 Å². The average Bonchev–Trinajstić information content (AvgIpc) is 2.32. The fraction of sp³-hybridized carbons (Fsp3) is 0.500. The van der Waals surface area contributed by atoms with Crippen LogP contribution in [0.15, 0.2) is 6.07 Å². The molecule has 92 valence electrons. The summed E-state index contributed by atoms with van der Waals surface area (Å²) in [7, 11) is 0. The molecule has 17 heavy (non-hydrogen) atoms. The Kier molecular flexibility index (Phi) is 5.10. The molecule has 0 heterocycles. The van der Waals surface area contributed by atoms with Crippen LogP contribution in [0.5, 0.6) is 5.75 Å². The molecule has 0 bridgehead atoms. The summed E-state index contributed by atoms with van der Waals surface area (Å²) in [6, 6.07) is 2.14. The number of benzene rings is 1. The topological polar surface area (TPSA) is 9.23 Å². The zero-order valence-corrected chi connectivity index (χ0v) is 11.4. The summed E-state index contributed by atoms with van der Waals surface area (Å²) in [5, 5.41) is 0. The Labute approximate surface area is 105 Å². The molecule has 0 N–H and O–H groups in total. The van der Waals surface area contributed by atoms with Crippen LogP contribution >= 0.6 is 0 Å². The minimum Gasteiger partial charge on any atom is -0.493 e. The van der Waals surface area contributed by atoms with Crippen molar-refractivity contribution in [3.8, 4) is 18.1 Å². The summed E-state index contributed by atoms with van der Waals surface area (Å²) in [5.74, 6) is 3.73. The Morgan fingerprint density at radius 3 is 2.53 bits per heavy atom. The zero-order valence-electron chi connectivity index (χ0n) is 11.4. The smallest absolute Gasteiger partial charge is 0.122 e. The number of aryl methyl sites for hydroxylation is 1. The summed E-state index contributed by atoms with van der Waals surface area (Å²) in [6.45, 7) is 9.32. The second kappa shape index (κ2) is 6.35. The summed E-state index contributed by atoms with van der Waals surface area (Å²) in [5.41, 5.74) is 5.24. The number of rotatable bonds is 5. The average molecular weight is 230 g/mol. The third-order valence-electron chi connectivity index (χ3n) is 3.19. The highest BCUT2D eigenvalue weighted by atomic mass is 16.5. The van der Waals surface area contributed by atoms with E-state index < -0.39 is 0 Å². The van der Waals surface area contributed by atoms with Gasteiger partial charge in [0.25, 0.3) is 0 Å². The van der Waals surface area contributed by atoms with Gasteiger partial charge in [0.05, 0.1) is 6.61 Å². The third-order valence-corrected chi connectivity index (χ3v) is 3.19. The summed E-state index contributed by atoms with van der Waals surface area (Å²) in [6.07, 6.45) is 8.14. The Balaban J connectivity index is 3.04. The van der Waals surface area contributed by atoms with Crippen LogP contribution in [-0.2, 0) is 6.42 Å². The van der Waals surface area contributed by atoms with E-state index in [4.69, 9.17) is 11.2 Å². The van der Waals surface area contributed by atoms with E-state index in [0.717, 1.165) is 31.6 Å². The lowest BCUT2D eigenvalue weighted by atomic mass is 9.94. The molecule has 0 amide bonds. The highest BCUT2D eigenvalue weighted by Crippen LogP contribution is 2.28. The van der Waals surface area contributed by atoms with Crippen LogP contribution in [0.3, 0.4) is 0 Å². The first kappa shape index (κ1) is 13.6. The molecule has 0 saturated carbocycles. The van der Waals surface area contributed by atoms with E-state index in [1.807, 2.05) is 0 Å². The predicted molar refractivity (Wildman–Crippen MR) is 73.6 cm³/mol. The molecule has 0 fully saturated rings. The van der Waals surface area contributed by atoms with E-state index in [-0.39, 0.29) is 0 Å². The molecule has 0 aliphatic rings. The highest BCUT2D eigenvalue weighted by molar-refractivity contribution is 5.48. The van der Waals surface area contributed by atoms with Crippen LogP contribution in [0.2, 0.25) is 0 Å². The van der Waals surface area contributed by atoms with E-state index in [9.17, 15) is 0 Å². The molecule has 0 atom stereocenters. The maximum absolute atomic E-state index is 5.77. The number of terminal acetylenes is 1. The number of ether oxygens (including phenoxy) is 1. The SMILES string of the molecule is C#CCCc1c(C)cc(OCCC)c(C)c1C. The molecule has 0 spiro atoms. The van der Waals surface area contributed by atoms with E-state index in [2.05, 4.69) is 39.7 Å². The highest BCUT2D eigenvalue weighted by Gasteiger charge is 2.10. The number of hydrogen-bond donors (Lipinski definition) is 0. The summed E-state index contributed by atoms with van der Waals surface area (Å²) >= 11 is 0. The van der Waals surface area contributed by atoms with Crippen LogP contribution in [-0.4, -0.2) is 6.61 Å². The predicted octanol–water partition coefficient (Wildman–Crippen LogP) is 3.97. The van der Waals surface area contributed by atoms with Gasteiger partial charge in [-0.1, -0.05) is 6.92 Å². The van der Waals surface area contributed by atoms with Gasteiger partial charge >= 0.3 is 0 Å². The van der Waals surface area contributed by atoms with E-state index >= 15 is 0 Å². The minimum atomic E-state index is 0.781. The monoisotopic (exact) mass is 230 g/mol. The Morgan fingerprint density at radius 1 is 1.24 bits per heavy atom. The number of hydrogen-bond acceptors (Lipinski definition) is 1. The largest absolute Gasteiger partial charge is 0.493 e. The van der Waals surface area contributed by atoms with Gasteiger partial charge in [-0.25, -0.2) is 0 Å². The third kappa shape index (κ3) is 3.27. The van der Waals surface area contributed by atoms with Crippen LogP contribution in [0.1, 0.15) is 42.0 Å². The van der Waals surface area contributed by atoms with Gasteiger partial charge in [0, 0.05) is 6.42 Å². The fourth-order valence-corrected chi connectivity index (χ4v) is 2.04. The molecule has 0 saturated heterocycles. The summed E-state index contributed by atoms with van der Waals surface area (Å²) < 4.78 is 5.77. The van der Waals surface area contributed by atoms with Gasteiger partial charge in [0.1, 0.15) is 5.75 Å². The molecule has 1 heteroatoms. The van der Waals surface area contributed by atoms with Crippen LogP contribution in [0, 0.1) is 33.1 Å². The van der Waals surface area contributed by atoms with Gasteiger partial charge in [-0.05, 0) is 61.9 Å². The van der Waals surface area contributed by atoms with Crippen molar-refractivity contribution in [1.82, 2.24) is 0 Å². The maximum atomic E-state index is 5.77. The van der Waals surface area contributed by atoms with Crippen molar-refractivity contribution in [2.45, 2.75) is 47.0 Å². The molecule has 0 aromatic heterocycles. The lowest BCUT2D eigenvalue weighted by Crippen LogP contribution is -2.02. The first-order valence-corrected chi connectivity index (χ1v) is 6.27. The van der Waals surface area contributed by atoms with Gasteiger partial charge in [-0.3, -0.25) is 0 Å². The Morgan fingerprint density at radius 2 is 1.94 bits per heavy atom. The van der Waals surface area contributed by atoms with Crippen LogP contribution in [0.25, 0.3) is 0 Å². The molecule has 1 aromatic carbocycles. The van der Waals surface area contributed by atoms with Crippen molar-refractivity contribution in [2.24, 2.45) is 0 Å². The van der Waals surface area contributed by atoms with Gasteiger partial charge in [0.2, 0.25) is 0 Å². The first-order valence-electron chi connectivity index (χ1n) is 6.27. The van der Waals surface area contributed by atoms with Gasteiger partial charge < -0.3 is 4.74 Å². The standard InChI is InChI=1S/C16H22O/c1-6-8-9-15-12(3)11-16(17-10-7-2)14(5)13(15)4/h1,11H,7-10H2,2-5H3. The van der Waals surface area contributed by atoms with Crippen molar-refractivity contribution in [2.75, 3.05) is 6.61 Å². The van der Waals surface area contributed by atoms with Crippen molar-refractivity contribution in [3.05, 3.63) is 28.3 Å². The van der Waals surface area contributed by atoms with Gasteiger partial charge in [0.15, 0.2) is 0 Å². The van der Waals surface area contributed by atoms with Crippen molar-refractivity contribution in [3.63, 3.8) is 0 Å². The second-order valence-corrected chi connectivity index (χ2v) is 4.47. The summed E-state index contributed by atoms with van der Waals surface area (Å²) in [4.78, 5) is 0. The molecular weight excluding hydrogens is 208 g/mol. The van der Waals surface area contributed by atoms with Gasteiger partial charge in [-0.2, -0.15) is 0 Å². The van der Waals surface area contributed by atoms with E-state index in [1.165, 1.54) is 22.3 Å². The van der Waals surface area contributed by atoms with Crippen LogP contribution in [0.4, 0.5) is 0 Å². The minimum absolute atomic E-state index is 0.781. The molecule has 0 radical (unpaired) electrons.